The number of nitrogens with zero attached hydrogens (tertiary/aromatic N) is 2. The van der Waals surface area contributed by atoms with Crippen LogP contribution in [-0.2, 0) is 0 Å². The third kappa shape index (κ3) is 2.68. The standard InChI is InChI=1S/C13H13F2N3O/c1-16-13(10-6-11(19-2)18-7-17-10)12-8(14)4-3-5-9(12)15/h3-7,13,16H,1-2H3. The molecule has 0 amide bonds. The average molecular weight is 265 g/mol. The van der Waals surface area contributed by atoms with Crippen LogP contribution in [-0.4, -0.2) is 24.1 Å². The van der Waals surface area contributed by atoms with Gasteiger partial charge in [0.25, 0.3) is 0 Å². The van der Waals surface area contributed by atoms with Crippen molar-refractivity contribution < 1.29 is 13.5 Å². The van der Waals surface area contributed by atoms with Crippen molar-refractivity contribution in [3.63, 3.8) is 0 Å². The summed E-state index contributed by atoms with van der Waals surface area (Å²) in [6.07, 6.45) is 1.29. The van der Waals surface area contributed by atoms with Gasteiger partial charge in [0, 0.05) is 11.6 Å². The molecule has 1 atom stereocenters. The summed E-state index contributed by atoms with van der Waals surface area (Å²) in [5, 5.41) is 2.84. The Bertz CT molecular complexity index is 557. The van der Waals surface area contributed by atoms with Gasteiger partial charge in [-0.15, -0.1) is 0 Å². The fourth-order valence-corrected chi connectivity index (χ4v) is 1.85. The van der Waals surface area contributed by atoms with Crippen molar-refractivity contribution in [2.24, 2.45) is 0 Å². The number of hydrogen-bond donors (Lipinski definition) is 1. The van der Waals surface area contributed by atoms with Gasteiger partial charge in [-0.2, -0.15) is 0 Å². The summed E-state index contributed by atoms with van der Waals surface area (Å²) in [7, 11) is 3.06. The summed E-state index contributed by atoms with van der Waals surface area (Å²) < 4.78 is 32.6. The predicted octanol–water partition coefficient (Wildman–Crippen LogP) is 2.07. The molecular formula is C13H13F2N3O. The highest BCUT2D eigenvalue weighted by molar-refractivity contribution is 5.31. The van der Waals surface area contributed by atoms with Crippen LogP contribution in [0, 0.1) is 11.6 Å². The lowest BCUT2D eigenvalue weighted by Gasteiger charge is -2.17. The van der Waals surface area contributed by atoms with Crippen molar-refractivity contribution >= 4 is 0 Å². The molecule has 0 radical (unpaired) electrons. The molecule has 2 aromatic rings. The minimum atomic E-state index is -0.710. The average Bonchev–Trinajstić information content (AvgIpc) is 2.43. The highest BCUT2D eigenvalue weighted by atomic mass is 19.1. The Balaban J connectivity index is 2.50. The zero-order chi connectivity index (χ0) is 13.8. The first-order chi connectivity index (χ1) is 9.17. The van der Waals surface area contributed by atoms with Crippen LogP contribution in [0.15, 0.2) is 30.6 Å². The lowest BCUT2D eigenvalue weighted by atomic mass is 10.0. The molecule has 1 aromatic heterocycles. The maximum absolute atomic E-state index is 13.8. The highest BCUT2D eigenvalue weighted by Gasteiger charge is 2.22. The Labute approximate surface area is 109 Å². The lowest BCUT2D eigenvalue weighted by Crippen LogP contribution is -2.21. The second kappa shape index (κ2) is 5.71. The molecule has 4 nitrogen and oxygen atoms in total. The fourth-order valence-electron chi connectivity index (χ4n) is 1.85. The zero-order valence-electron chi connectivity index (χ0n) is 10.5. The van der Waals surface area contributed by atoms with Gasteiger partial charge in [0.15, 0.2) is 0 Å². The number of aromatic nitrogens is 2. The van der Waals surface area contributed by atoms with Crippen molar-refractivity contribution in [3.8, 4) is 5.88 Å². The Morgan fingerprint density at radius 1 is 1.21 bits per heavy atom. The van der Waals surface area contributed by atoms with Crippen molar-refractivity contribution in [1.29, 1.82) is 0 Å². The van der Waals surface area contributed by atoms with E-state index in [1.165, 1.54) is 37.7 Å². The second-order valence-corrected chi connectivity index (χ2v) is 3.84. The second-order valence-electron chi connectivity index (χ2n) is 3.84. The van der Waals surface area contributed by atoms with Gasteiger partial charge in [-0.3, -0.25) is 0 Å². The van der Waals surface area contributed by atoms with Crippen LogP contribution < -0.4 is 10.1 Å². The van der Waals surface area contributed by atoms with Gasteiger partial charge in [-0.05, 0) is 19.2 Å². The summed E-state index contributed by atoms with van der Waals surface area (Å²) in [4.78, 5) is 7.89. The van der Waals surface area contributed by atoms with E-state index in [2.05, 4.69) is 15.3 Å². The smallest absolute Gasteiger partial charge is 0.216 e. The molecule has 0 spiro atoms. The van der Waals surface area contributed by atoms with Gasteiger partial charge in [0.1, 0.15) is 18.0 Å². The van der Waals surface area contributed by atoms with Crippen molar-refractivity contribution in [3.05, 3.63) is 53.5 Å². The first kappa shape index (κ1) is 13.4. The number of ether oxygens (including phenoxy) is 1. The minimum Gasteiger partial charge on any atom is -0.481 e. The molecule has 0 saturated heterocycles. The van der Waals surface area contributed by atoms with E-state index in [9.17, 15) is 8.78 Å². The fraction of sp³-hybridized carbons (Fsp3) is 0.231. The first-order valence-corrected chi connectivity index (χ1v) is 5.64. The molecule has 0 aliphatic rings. The van der Waals surface area contributed by atoms with Gasteiger partial charge < -0.3 is 10.1 Å². The topological polar surface area (TPSA) is 47.0 Å². The molecular weight excluding hydrogens is 252 g/mol. The van der Waals surface area contributed by atoms with Crippen molar-refractivity contribution in [1.82, 2.24) is 15.3 Å². The number of halogens is 2. The quantitative estimate of drug-likeness (QED) is 0.919. The van der Waals surface area contributed by atoms with E-state index in [1.807, 2.05) is 0 Å². The lowest BCUT2D eigenvalue weighted by molar-refractivity contribution is 0.394. The van der Waals surface area contributed by atoms with Gasteiger partial charge in [0.2, 0.25) is 5.88 Å². The highest BCUT2D eigenvalue weighted by Crippen LogP contribution is 2.26. The molecule has 6 heteroatoms. The molecule has 0 bridgehead atoms. The van der Waals surface area contributed by atoms with Crippen LogP contribution in [0.4, 0.5) is 8.78 Å². The third-order valence-electron chi connectivity index (χ3n) is 2.75. The molecule has 0 aliphatic carbocycles. The van der Waals surface area contributed by atoms with E-state index in [0.29, 0.717) is 11.6 Å². The van der Waals surface area contributed by atoms with Crippen LogP contribution in [0.3, 0.4) is 0 Å². The van der Waals surface area contributed by atoms with E-state index in [-0.39, 0.29) is 5.56 Å². The maximum atomic E-state index is 13.8. The van der Waals surface area contributed by atoms with E-state index < -0.39 is 17.7 Å². The van der Waals surface area contributed by atoms with Gasteiger partial charge >= 0.3 is 0 Å². The van der Waals surface area contributed by atoms with E-state index in [1.54, 1.807) is 7.05 Å². The SMILES string of the molecule is CNC(c1cc(OC)ncn1)c1c(F)cccc1F. The number of nitrogens with one attached hydrogen (secondary N) is 1. The molecule has 1 aromatic carbocycles. The minimum absolute atomic E-state index is 0.0780. The van der Waals surface area contributed by atoms with E-state index in [4.69, 9.17) is 4.74 Å². The van der Waals surface area contributed by atoms with Gasteiger partial charge in [-0.1, -0.05) is 6.07 Å². The number of benzene rings is 1. The molecule has 0 saturated carbocycles. The molecule has 100 valence electrons. The molecule has 19 heavy (non-hydrogen) atoms. The molecule has 2 rings (SSSR count). The van der Waals surface area contributed by atoms with Crippen LogP contribution in [0.2, 0.25) is 0 Å². The van der Waals surface area contributed by atoms with E-state index in [0.717, 1.165) is 0 Å². The number of rotatable bonds is 4. The number of methoxy groups -OCH3 is 1. The largest absolute Gasteiger partial charge is 0.481 e. The molecule has 1 heterocycles. The Kier molecular flexibility index (Phi) is 4.01. The summed E-state index contributed by atoms with van der Waals surface area (Å²) in [5.74, 6) is -0.921. The Morgan fingerprint density at radius 3 is 2.47 bits per heavy atom. The van der Waals surface area contributed by atoms with Crippen LogP contribution in [0.5, 0.6) is 5.88 Å². The van der Waals surface area contributed by atoms with Crippen LogP contribution >= 0.6 is 0 Å². The predicted molar refractivity (Wildman–Crippen MR) is 65.8 cm³/mol. The number of hydrogen-bond acceptors (Lipinski definition) is 4. The van der Waals surface area contributed by atoms with Crippen molar-refractivity contribution in [2.45, 2.75) is 6.04 Å². The van der Waals surface area contributed by atoms with Gasteiger partial charge in [-0.25, -0.2) is 18.7 Å². The summed E-state index contributed by atoms with van der Waals surface area (Å²) in [5.41, 5.74) is 0.351. The molecule has 0 aliphatic heterocycles. The Hall–Kier alpha value is -2.08. The summed E-state index contributed by atoms with van der Waals surface area (Å²) >= 11 is 0. The van der Waals surface area contributed by atoms with Crippen LogP contribution in [0.25, 0.3) is 0 Å². The maximum Gasteiger partial charge on any atom is 0.216 e. The van der Waals surface area contributed by atoms with E-state index >= 15 is 0 Å². The monoisotopic (exact) mass is 265 g/mol. The van der Waals surface area contributed by atoms with Crippen LogP contribution in [0.1, 0.15) is 17.3 Å². The van der Waals surface area contributed by atoms with Gasteiger partial charge in [0.05, 0.1) is 18.8 Å². The summed E-state index contributed by atoms with van der Waals surface area (Å²) in [6.45, 7) is 0. The molecule has 1 N–H and O–H groups in total. The summed E-state index contributed by atoms with van der Waals surface area (Å²) in [6, 6.07) is 4.56. The normalized spacial score (nSPS) is 12.2. The van der Waals surface area contributed by atoms with Crippen molar-refractivity contribution in [2.75, 3.05) is 14.2 Å². The Morgan fingerprint density at radius 2 is 1.89 bits per heavy atom. The zero-order valence-corrected chi connectivity index (χ0v) is 10.5. The molecule has 1 unspecified atom stereocenters. The first-order valence-electron chi connectivity index (χ1n) is 5.64. The molecule has 0 fully saturated rings. The third-order valence-corrected chi connectivity index (χ3v) is 2.75.